The molecule has 2 aliphatic carbocycles. The highest BCUT2D eigenvalue weighted by atomic mass is 16.1. The minimum atomic E-state index is -0.117. The second-order valence-electron chi connectivity index (χ2n) is 8.29. The fourth-order valence-electron chi connectivity index (χ4n) is 3.24. The number of carbonyl (C=O) groups is 1. The average Bonchev–Trinajstić information content (AvgIpc) is 3.60. The Bertz CT molecular complexity index is 810. The van der Waals surface area contributed by atoms with Crippen molar-refractivity contribution in [3.8, 4) is 0 Å². The molecule has 28 heavy (non-hydrogen) atoms. The number of hydrogen-bond acceptors (Lipinski definition) is 5. The van der Waals surface area contributed by atoms with E-state index >= 15 is 0 Å². The van der Waals surface area contributed by atoms with Crippen LogP contribution in [0.15, 0.2) is 39.9 Å². The Morgan fingerprint density at radius 1 is 1.29 bits per heavy atom. The van der Waals surface area contributed by atoms with Gasteiger partial charge in [-0.05, 0) is 59.6 Å². The van der Waals surface area contributed by atoms with Crippen molar-refractivity contribution in [2.75, 3.05) is 0 Å². The Balaban J connectivity index is 1.73. The molecule has 0 spiro atoms. The summed E-state index contributed by atoms with van der Waals surface area (Å²) < 4.78 is 0. The molecule has 3 rings (SSSR count). The Morgan fingerprint density at radius 3 is 2.46 bits per heavy atom. The molecule has 0 saturated heterocycles. The first kappa shape index (κ1) is 20.2. The zero-order valence-electron chi connectivity index (χ0n) is 17.4. The van der Waals surface area contributed by atoms with E-state index in [4.69, 9.17) is 0 Å². The number of aliphatic imine (C=N–C) groups is 1. The van der Waals surface area contributed by atoms with Crippen molar-refractivity contribution in [2.45, 2.75) is 77.8 Å². The lowest BCUT2D eigenvalue weighted by Crippen LogP contribution is -2.31. The lowest BCUT2D eigenvalue weighted by molar-refractivity contribution is -0.117. The first-order valence-electron chi connectivity index (χ1n) is 10.1. The largest absolute Gasteiger partial charge is 0.365 e. The number of nitrogens with one attached hydrogen (secondary N) is 2. The number of rotatable bonds is 9. The van der Waals surface area contributed by atoms with Crippen LogP contribution in [0.2, 0.25) is 0 Å². The number of amides is 1. The highest BCUT2D eigenvalue weighted by Crippen LogP contribution is 2.38. The van der Waals surface area contributed by atoms with Crippen LogP contribution in [0, 0.1) is 0 Å². The van der Waals surface area contributed by atoms with E-state index in [9.17, 15) is 4.79 Å². The molecule has 0 aromatic carbocycles. The highest BCUT2D eigenvalue weighted by molar-refractivity contribution is 5.98. The summed E-state index contributed by atoms with van der Waals surface area (Å²) in [4.78, 5) is 26.1. The molecule has 2 saturated carbocycles. The summed E-state index contributed by atoms with van der Waals surface area (Å²) in [6.45, 7) is 12.2. The zero-order chi connectivity index (χ0) is 20.3. The van der Waals surface area contributed by atoms with Crippen molar-refractivity contribution in [2.24, 2.45) is 4.99 Å². The third-order valence-electron chi connectivity index (χ3n) is 5.40. The van der Waals surface area contributed by atoms with Gasteiger partial charge in [0.15, 0.2) is 0 Å². The predicted molar refractivity (Wildman–Crippen MR) is 112 cm³/mol. The molecule has 2 N–H and O–H groups in total. The van der Waals surface area contributed by atoms with Crippen molar-refractivity contribution in [3.63, 3.8) is 0 Å². The van der Waals surface area contributed by atoms with E-state index in [-0.39, 0.29) is 11.4 Å². The number of hydrogen-bond donors (Lipinski definition) is 2. The van der Waals surface area contributed by atoms with Gasteiger partial charge in [0.1, 0.15) is 5.82 Å². The fourth-order valence-corrected chi connectivity index (χ4v) is 3.24. The third-order valence-corrected chi connectivity index (χ3v) is 5.40. The van der Waals surface area contributed by atoms with Gasteiger partial charge in [-0.15, -0.1) is 0 Å². The molecule has 150 valence electrons. The monoisotopic (exact) mass is 381 g/mol. The van der Waals surface area contributed by atoms with Crippen LogP contribution < -0.4 is 10.6 Å². The summed E-state index contributed by atoms with van der Waals surface area (Å²) in [7, 11) is 0. The van der Waals surface area contributed by atoms with Gasteiger partial charge < -0.3 is 10.6 Å². The Labute approximate surface area is 167 Å². The second-order valence-corrected chi connectivity index (χ2v) is 8.29. The van der Waals surface area contributed by atoms with Gasteiger partial charge in [-0.2, -0.15) is 0 Å². The van der Waals surface area contributed by atoms with Crippen LogP contribution in [0.4, 0.5) is 0 Å². The number of nitrogens with zero attached hydrogens (tertiary/aromatic N) is 3. The molecular formula is C22H31N5O. The summed E-state index contributed by atoms with van der Waals surface area (Å²) >= 11 is 0. The molecule has 6 nitrogen and oxygen atoms in total. The predicted octanol–water partition coefficient (Wildman–Crippen LogP) is 3.77. The zero-order valence-corrected chi connectivity index (χ0v) is 17.4. The molecular weight excluding hydrogens is 350 g/mol. The van der Waals surface area contributed by atoms with Crippen molar-refractivity contribution in [3.05, 3.63) is 46.3 Å². The minimum Gasteiger partial charge on any atom is -0.365 e. The molecule has 2 fully saturated rings. The first-order valence-corrected chi connectivity index (χ1v) is 10.1. The molecule has 0 bridgehead atoms. The van der Waals surface area contributed by atoms with Crippen LogP contribution in [-0.2, 0) is 11.3 Å². The van der Waals surface area contributed by atoms with Crippen LogP contribution in [0.25, 0.3) is 0 Å². The molecule has 1 aromatic heterocycles. The minimum absolute atomic E-state index is 0.0685. The standard InChI is InChI=1S/C22H31N5O/c1-6-17(20(23-5)27-22(4)9-10-22)19(14(2)3)21(28)26-12-16-11-25-18(13-24-16)15-7-8-15/h11,13,15,27H,5-10,12H2,1-4H3,(H,26,28)/b20-17-. The van der Waals surface area contributed by atoms with Crippen LogP contribution in [0.3, 0.4) is 0 Å². The fraction of sp³-hybridized carbons (Fsp3) is 0.545. The Morgan fingerprint density at radius 2 is 2.00 bits per heavy atom. The van der Waals surface area contributed by atoms with Gasteiger partial charge >= 0.3 is 0 Å². The number of allylic oxidation sites excluding steroid dienone is 1. The molecule has 0 atom stereocenters. The maximum atomic E-state index is 13.0. The lowest BCUT2D eigenvalue weighted by atomic mass is 9.97. The molecule has 1 heterocycles. The van der Waals surface area contributed by atoms with E-state index < -0.39 is 0 Å². The normalized spacial score (nSPS) is 18.0. The maximum Gasteiger partial charge on any atom is 0.251 e. The van der Waals surface area contributed by atoms with Crippen LogP contribution >= 0.6 is 0 Å². The quantitative estimate of drug-likeness (QED) is 0.388. The van der Waals surface area contributed by atoms with Gasteiger partial charge in [0.2, 0.25) is 0 Å². The summed E-state index contributed by atoms with van der Waals surface area (Å²) in [5, 5.41) is 6.46. The Hall–Kier alpha value is -2.50. The van der Waals surface area contributed by atoms with E-state index in [2.05, 4.69) is 39.2 Å². The average molecular weight is 382 g/mol. The van der Waals surface area contributed by atoms with Crippen molar-refractivity contribution in [1.29, 1.82) is 0 Å². The Kier molecular flexibility index (Phi) is 5.96. The topological polar surface area (TPSA) is 79.3 Å². The van der Waals surface area contributed by atoms with Crippen molar-refractivity contribution in [1.82, 2.24) is 20.6 Å². The summed E-state index contributed by atoms with van der Waals surface area (Å²) in [5.74, 6) is 1.17. The van der Waals surface area contributed by atoms with E-state index in [1.54, 1.807) is 6.20 Å². The number of aromatic nitrogens is 2. The summed E-state index contributed by atoms with van der Waals surface area (Å²) in [5.41, 5.74) is 4.41. The first-order chi connectivity index (χ1) is 13.4. The molecule has 1 amide bonds. The van der Waals surface area contributed by atoms with Gasteiger partial charge in [-0.1, -0.05) is 12.5 Å². The molecule has 6 heteroatoms. The molecule has 1 aromatic rings. The molecule has 0 unspecified atom stereocenters. The van der Waals surface area contributed by atoms with Gasteiger partial charge in [0.05, 0.1) is 24.1 Å². The van der Waals surface area contributed by atoms with E-state index in [1.165, 1.54) is 12.8 Å². The van der Waals surface area contributed by atoms with Gasteiger partial charge in [-0.3, -0.25) is 14.8 Å². The van der Waals surface area contributed by atoms with E-state index in [0.717, 1.165) is 35.4 Å². The summed E-state index contributed by atoms with van der Waals surface area (Å²) in [6, 6.07) is 0. The van der Waals surface area contributed by atoms with Crippen LogP contribution in [0.5, 0.6) is 0 Å². The van der Waals surface area contributed by atoms with Gasteiger partial charge in [0.25, 0.3) is 5.91 Å². The van der Waals surface area contributed by atoms with E-state index in [1.807, 2.05) is 27.0 Å². The molecule has 0 aliphatic heterocycles. The SMILES string of the molecule is C=N/C(NC1(C)CC1)=C(\CC)C(C(=O)NCc1cnc(C2CC2)cn1)=C(C)C. The smallest absolute Gasteiger partial charge is 0.251 e. The van der Waals surface area contributed by atoms with Crippen molar-refractivity contribution >= 4 is 12.6 Å². The lowest BCUT2D eigenvalue weighted by Gasteiger charge is -2.20. The van der Waals surface area contributed by atoms with Gasteiger partial charge in [0, 0.05) is 28.8 Å². The van der Waals surface area contributed by atoms with Crippen LogP contribution in [-0.4, -0.2) is 28.1 Å². The van der Waals surface area contributed by atoms with Crippen molar-refractivity contribution < 1.29 is 4.79 Å². The van der Waals surface area contributed by atoms with E-state index in [0.29, 0.717) is 30.3 Å². The summed E-state index contributed by atoms with van der Waals surface area (Å²) in [6.07, 6.45) is 8.91. The number of carbonyl (C=O) groups excluding carboxylic acids is 1. The molecule has 2 aliphatic rings. The molecule has 0 radical (unpaired) electrons. The maximum absolute atomic E-state index is 13.0. The third kappa shape index (κ3) is 4.86. The van der Waals surface area contributed by atoms with Crippen LogP contribution in [0.1, 0.15) is 77.1 Å². The highest BCUT2D eigenvalue weighted by Gasteiger charge is 2.38. The second kappa shape index (κ2) is 8.25. The van der Waals surface area contributed by atoms with Gasteiger partial charge in [-0.25, -0.2) is 4.99 Å².